The van der Waals surface area contributed by atoms with Crippen molar-refractivity contribution in [3.63, 3.8) is 0 Å². The zero-order chi connectivity index (χ0) is 18.9. The molecule has 1 atom stereocenters. The van der Waals surface area contributed by atoms with Gasteiger partial charge in [0.25, 0.3) is 10.2 Å². The van der Waals surface area contributed by atoms with E-state index in [0.29, 0.717) is 19.0 Å². The van der Waals surface area contributed by atoms with Gasteiger partial charge in [0.1, 0.15) is 5.82 Å². The van der Waals surface area contributed by atoms with Crippen LogP contribution in [0.5, 0.6) is 0 Å². The van der Waals surface area contributed by atoms with Crippen LogP contribution in [0.1, 0.15) is 50.0 Å². The van der Waals surface area contributed by atoms with Crippen molar-refractivity contribution in [2.75, 3.05) is 27.2 Å². The summed E-state index contributed by atoms with van der Waals surface area (Å²) in [6.45, 7) is 5.27. The minimum Gasteiger partial charge on any atom is -0.303 e. The van der Waals surface area contributed by atoms with E-state index in [4.69, 9.17) is 0 Å². The van der Waals surface area contributed by atoms with E-state index in [2.05, 4.69) is 34.4 Å². The minimum absolute atomic E-state index is 0.101. The van der Waals surface area contributed by atoms with Gasteiger partial charge in [0.2, 0.25) is 0 Å². The van der Waals surface area contributed by atoms with Gasteiger partial charge in [0.15, 0.2) is 0 Å². The van der Waals surface area contributed by atoms with E-state index in [-0.39, 0.29) is 5.92 Å². The number of hydrogen-bond acceptors (Lipinski definition) is 4. The predicted molar refractivity (Wildman–Crippen MR) is 102 cm³/mol. The Morgan fingerprint density at radius 3 is 2.69 bits per heavy atom. The largest absolute Gasteiger partial charge is 0.303 e. The number of aromatic nitrogens is 3. The third-order valence-electron chi connectivity index (χ3n) is 4.82. The standard InChI is InChI=1S/C18H27N5O2S/c1-14(2)18-20-9-11-23(18)16-7-8-19-17(12-16)15-6-5-10-22(13-15)26(24,25)21(3)4/h7-9,11-12,14-15H,5-6,10,13H2,1-4H3/t15-/m0/s1. The highest BCUT2D eigenvalue weighted by atomic mass is 32.2. The monoisotopic (exact) mass is 377 g/mol. The first-order chi connectivity index (χ1) is 12.3. The van der Waals surface area contributed by atoms with Crippen LogP contribution in [-0.2, 0) is 10.2 Å². The topological polar surface area (TPSA) is 71.3 Å². The lowest BCUT2D eigenvalue weighted by Gasteiger charge is -2.33. The number of rotatable bonds is 5. The molecular formula is C18H27N5O2S. The minimum atomic E-state index is -3.39. The summed E-state index contributed by atoms with van der Waals surface area (Å²) < 4.78 is 29.8. The highest BCUT2D eigenvalue weighted by Gasteiger charge is 2.31. The van der Waals surface area contributed by atoms with E-state index >= 15 is 0 Å². The van der Waals surface area contributed by atoms with Crippen molar-refractivity contribution in [1.29, 1.82) is 0 Å². The summed E-state index contributed by atoms with van der Waals surface area (Å²) in [5.41, 5.74) is 1.95. The lowest BCUT2D eigenvalue weighted by Crippen LogP contribution is -2.45. The van der Waals surface area contributed by atoms with Crippen LogP contribution in [0.15, 0.2) is 30.7 Å². The fourth-order valence-electron chi connectivity index (χ4n) is 3.39. The Morgan fingerprint density at radius 2 is 2.00 bits per heavy atom. The maximum atomic E-state index is 12.5. The van der Waals surface area contributed by atoms with Crippen molar-refractivity contribution in [2.24, 2.45) is 0 Å². The maximum absolute atomic E-state index is 12.5. The van der Waals surface area contributed by atoms with Crippen LogP contribution >= 0.6 is 0 Å². The Hall–Kier alpha value is -1.77. The van der Waals surface area contributed by atoms with Crippen LogP contribution in [0.2, 0.25) is 0 Å². The van der Waals surface area contributed by atoms with Gasteiger partial charge < -0.3 is 4.57 Å². The molecule has 1 aliphatic heterocycles. The first-order valence-corrected chi connectivity index (χ1v) is 10.4. The van der Waals surface area contributed by atoms with Crippen molar-refractivity contribution < 1.29 is 8.42 Å². The van der Waals surface area contributed by atoms with E-state index in [1.54, 1.807) is 30.8 Å². The van der Waals surface area contributed by atoms with Crippen molar-refractivity contribution >= 4 is 10.2 Å². The van der Waals surface area contributed by atoms with Gasteiger partial charge in [-0.05, 0) is 25.0 Å². The molecule has 3 heterocycles. The average molecular weight is 378 g/mol. The molecule has 2 aromatic heterocycles. The molecule has 0 spiro atoms. The molecule has 0 amide bonds. The van der Waals surface area contributed by atoms with E-state index in [9.17, 15) is 8.42 Å². The molecule has 0 aliphatic carbocycles. The molecule has 1 aliphatic rings. The molecule has 3 rings (SSSR count). The number of imidazole rings is 1. The van der Waals surface area contributed by atoms with E-state index in [1.807, 2.05) is 12.3 Å². The Bertz CT molecular complexity index is 860. The highest BCUT2D eigenvalue weighted by molar-refractivity contribution is 7.86. The van der Waals surface area contributed by atoms with Crippen molar-refractivity contribution in [1.82, 2.24) is 23.1 Å². The van der Waals surface area contributed by atoms with Crippen molar-refractivity contribution in [3.05, 3.63) is 42.2 Å². The second kappa shape index (κ2) is 7.46. The molecule has 0 N–H and O–H groups in total. The Kier molecular flexibility index (Phi) is 5.45. The number of piperidine rings is 1. The molecule has 0 aromatic carbocycles. The Balaban J connectivity index is 1.87. The zero-order valence-corrected chi connectivity index (χ0v) is 16.6. The van der Waals surface area contributed by atoms with Gasteiger partial charge in [-0.2, -0.15) is 17.0 Å². The van der Waals surface area contributed by atoms with Gasteiger partial charge in [-0.3, -0.25) is 4.98 Å². The molecule has 2 aromatic rings. The van der Waals surface area contributed by atoms with Crippen LogP contribution in [-0.4, -0.2) is 58.7 Å². The predicted octanol–water partition coefficient (Wildman–Crippen LogP) is 2.38. The van der Waals surface area contributed by atoms with E-state index in [0.717, 1.165) is 30.0 Å². The van der Waals surface area contributed by atoms with Crippen LogP contribution < -0.4 is 0 Å². The summed E-state index contributed by atoms with van der Waals surface area (Å²) in [7, 11) is -0.241. The lowest BCUT2D eigenvalue weighted by molar-refractivity contribution is 0.296. The summed E-state index contributed by atoms with van der Waals surface area (Å²) in [6.07, 6.45) is 7.34. The lowest BCUT2D eigenvalue weighted by atomic mass is 9.95. The van der Waals surface area contributed by atoms with Gasteiger partial charge >= 0.3 is 0 Å². The summed E-state index contributed by atoms with van der Waals surface area (Å²) in [6, 6.07) is 4.03. The molecule has 0 saturated carbocycles. The SMILES string of the molecule is CC(C)c1nccn1-c1ccnc([C@H]2CCCN(S(=O)(=O)N(C)C)C2)c1. The quantitative estimate of drug-likeness (QED) is 0.802. The second-order valence-corrected chi connectivity index (χ2v) is 9.38. The molecule has 142 valence electrons. The third-order valence-corrected chi connectivity index (χ3v) is 6.73. The zero-order valence-electron chi connectivity index (χ0n) is 15.8. The maximum Gasteiger partial charge on any atom is 0.281 e. The molecule has 0 radical (unpaired) electrons. The summed E-state index contributed by atoms with van der Waals surface area (Å²) in [4.78, 5) is 8.99. The second-order valence-electron chi connectivity index (χ2n) is 7.24. The molecule has 8 heteroatoms. The summed E-state index contributed by atoms with van der Waals surface area (Å²) in [5, 5.41) is 0. The highest BCUT2D eigenvalue weighted by Crippen LogP contribution is 2.29. The third kappa shape index (κ3) is 3.67. The van der Waals surface area contributed by atoms with Gasteiger partial charge in [0.05, 0.1) is 5.69 Å². The molecule has 26 heavy (non-hydrogen) atoms. The number of pyridine rings is 1. The molecule has 1 saturated heterocycles. The van der Waals surface area contributed by atoms with Gasteiger partial charge in [-0.25, -0.2) is 4.98 Å². The first-order valence-electron chi connectivity index (χ1n) is 8.98. The fraction of sp³-hybridized carbons (Fsp3) is 0.556. The van der Waals surface area contributed by atoms with Gasteiger partial charge in [-0.1, -0.05) is 13.8 Å². The summed E-state index contributed by atoms with van der Waals surface area (Å²) in [5.74, 6) is 1.42. The van der Waals surface area contributed by atoms with Gasteiger partial charge in [0, 0.05) is 63.3 Å². The fourth-order valence-corrected chi connectivity index (χ4v) is 4.58. The van der Waals surface area contributed by atoms with Gasteiger partial charge in [-0.15, -0.1) is 0 Å². The Morgan fingerprint density at radius 1 is 1.23 bits per heavy atom. The molecule has 1 fully saturated rings. The van der Waals surface area contributed by atoms with Crippen LogP contribution in [0.4, 0.5) is 0 Å². The van der Waals surface area contributed by atoms with Crippen LogP contribution in [0.25, 0.3) is 5.69 Å². The van der Waals surface area contributed by atoms with Crippen LogP contribution in [0, 0.1) is 0 Å². The number of hydrogen-bond donors (Lipinski definition) is 0. The van der Waals surface area contributed by atoms with E-state index in [1.165, 1.54) is 4.31 Å². The van der Waals surface area contributed by atoms with Crippen molar-refractivity contribution in [2.45, 2.75) is 38.5 Å². The Labute approximate surface area is 155 Å². The average Bonchev–Trinajstić information content (AvgIpc) is 3.12. The molecule has 0 bridgehead atoms. The van der Waals surface area contributed by atoms with Crippen molar-refractivity contribution in [3.8, 4) is 5.69 Å². The number of nitrogens with zero attached hydrogens (tertiary/aromatic N) is 5. The summed E-state index contributed by atoms with van der Waals surface area (Å²) >= 11 is 0. The first kappa shape index (κ1) is 19.0. The smallest absolute Gasteiger partial charge is 0.281 e. The van der Waals surface area contributed by atoms with Crippen LogP contribution in [0.3, 0.4) is 0 Å². The normalized spacial score (nSPS) is 19.4. The molecule has 7 nitrogen and oxygen atoms in total. The molecule has 0 unspecified atom stereocenters. The molecular weight excluding hydrogens is 350 g/mol. The van der Waals surface area contributed by atoms with E-state index < -0.39 is 10.2 Å².